The Kier molecular flexibility index (Phi) is 5.24. The summed E-state index contributed by atoms with van der Waals surface area (Å²) in [5.74, 6) is 2.00. The van der Waals surface area contributed by atoms with Gasteiger partial charge in [0.25, 0.3) is 0 Å². The van der Waals surface area contributed by atoms with Gasteiger partial charge in [0.2, 0.25) is 5.91 Å². The van der Waals surface area contributed by atoms with Crippen LogP contribution in [-0.2, 0) is 4.79 Å². The summed E-state index contributed by atoms with van der Waals surface area (Å²) >= 11 is 0. The van der Waals surface area contributed by atoms with Gasteiger partial charge in [0.1, 0.15) is 13.2 Å². The topological polar surface area (TPSA) is 59.6 Å². The Hall–Kier alpha value is -1.75. The molecule has 0 unspecified atom stereocenters. The molecule has 0 bridgehead atoms. The van der Waals surface area contributed by atoms with Crippen LogP contribution in [0, 0.1) is 5.92 Å². The van der Waals surface area contributed by atoms with Crippen LogP contribution in [0.15, 0.2) is 18.2 Å². The van der Waals surface area contributed by atoms with Crippen molar-refractivity contribution in [1.29, 1.82) is 0 Å². The maximum atomic E-state index is 11.8. The second kappa shape index (κ2) is 7.14. The third kappa shape index (κ3) is 4.42. The number of ether oxygens (including phenoxy) is 2. The number of amides is 1. The van der Waals surface area contributed by atoms with E-state index in [9.17, 15) is 4.79 Å². The van der Waals surface area contributed by atoms with Gasteiger partial charge in [0, 0.05) is 11.8 Å². The van der Waals surface area contributed by atoms with Crippen LogP contribution in [0.3, 0.4) is 0 Å². The minimum absolute atomic E-state index is 0.0505. The van der Waals surface area contributed by atoms with Gasteiger partial charge in [-0.05, 0) is 31.0 Å². The number of carbonyl (C=O) groups excluding carboxylic acids is 1. The number of fused-ring (bicyclic) bond motifs is 1. The molecule has 0 atom stereocenters. The molecule has 0 saturated heterocycles. The molecule has 0 fully saturated rings. The SMILES string of the molecule is CC(C)CCNCC(=O)Nc1ccc2c(c1)OCCO2. The van der Waals surface area contributed by atoms with Crippen molar-refractivity contribution >= 4 is 11.6 Å². The molecule has 0 aliphatic carbocycles. The smallest absolute Gasteiger partial charge is 0.238 e. The molecule has 0 aromatic heterocycles. The zero-order valence-electron chi connectivity index (χ0n) is 12.1. The van der Waals surface area contributed by atoms with Gasteiger partial charge in [-0.15, -0.1) is 0 Å². The van der Waals surface area contributed by atoms with Crippen LogP contribution in [0.4, 0.5) is 5.69 Å². The molecule has 1 aliphatic heterocycles. The molecule has 2 N–H and O–H groups in total. The summed E-state index contributed by atoms with van der Waals surface area (Å²) < 4.78 is 10.9. The molecule has 0 spiro atoms. The Morgan fingerprint density at radius 3 is 2.75 bits per heavy atom. The Labute approximate surface area is 119 Å². The minimum atomic E-state index is -0.0505. The van der Waals surface area contributed by atoms with Crippen molar-refractivity contribution in [2.75, 3.05) is 31.6 Å². The van der Waals surface area contributed by atoms with E-state index in [1.165, 1.54) is 0 Å². The first kappa shape index (κ1) is 14.7. The van der Waals surface area contributed by atoms with E-state index in [0.717, 1.165) is 24.4 Å². The van der Waals surface area contributed by atoms with Crippen LogP contribution < -0.4 is 20.1 Å². The number of benzene rings is 1. The molecular weight excluding hydrogens is 256 g/mol. The van der Waals surface area contributed by atoms with Crippen LogP contribution in [0.1, 0.15) is 20.3 Å². The number of hydrogen-bond donors (Lipinski definition) is 2. The maximum absolute atomic E-state index is 11.8. The van der Waals surface area contributed by atoms with E-state index in [-0.39, 0.29) is 5.91 Å². The monoisotopic (exact) mass is 278 g/mol. The first-order valence-corrected chi connectivity index (χ1v) is 7.05. The molecule has 1 amide bonds. The zero-order valence-corrected chi connectivity index (χ0v) is 12.1. The molecule has 1 aliphatic rings. The average Bonchev–Trinajstić information content (AvgIpc) is 2.43. The second-order valence-corrected chi connectivity index (χ2v) is 5.27. The number of carbonyl (C=O) groups is 1. The van der Waals surface area contributed by atoms with Gasteiger partial charge in [0.05, 0.1) is 6.54 Å². The Balaban J connectivity index is 1.79. The minimum Gasteiger partial charge on any atom is -0.486 e. The van der Waals surface area contributed by atoms with Crippen LogP contribution in [0.25, 0.3) is 0 Å². The third-order valence-electron chi connectivity index (χ3n) is 3.01. The number of rotatable bonds is 6. The van der Waals surface area contributed by atoms with Crippen LogP contribution >= 0.6 is 0 Å². The number of nitrogens with one attached hydrogen (secondary N) is 2. The zero-order chi connectivity index (χ0) is 14.4. The van der Waals surface area contributed by atoms with Crippen molar-refractivity contribution < 1.29 is 14.3 Å². The van der Waals surface area contributed by atoms with Crippen molar-refractivity contribution in [3.8, 4) is 11.5 Å². The Morgan fingerprint density at radius 1 is 1.25 bits per heavy atom. The summed E-state index contributed by atoms with van der Waals surface area (Å²) in [5.41, 5.74) is 0.727. The summed E-state index contributed by atoms with van der Waals surface area (Å²) in [6, 6.07) is 5.43. The summed E-state index contributed by atoms with van der Waals surface area (Å²) in [4.78, 5) is 11.8. The highest BCUT2D eigenvalue weighted by Gasteiger charge is 2.12. The molecule has 0 radical (unpaired) electrons. The Morgan fingerprint density at radius 2 is 2.00 bits per heavy atom. The molecule has 110 valence electrons. The summed E-state index contributed by atoms with van der Waals surface area (Å²) in [7, 11) is 0. The standard InChI is InChI=1S/C15H22N2O3/c1-11(2)5-6-16-10-15(18)17-12-3-4-13-14(9-12)20-8-7-19-13/h3-4,9,11,16H,5-8,10H2,1-2H3,(H,17,18). The quantitative estimate of drug-likeness (QED) is 0.782. The molecular formula is C15H22N2O3. The van der Waals surface area contributed by atoms with Crippen LogP contribution in [0.2, 0.25) is 0 Å². The van der Waals surface area contributed by atoms with Gasteiger partial charge in [-0.25, -0.2) is 0 Å². The molecule has 1 aromatic carbocycles. The van der Waals surface area contributed by atoms with Crippen molar-refractivity contribution in [3.05, 3.63) is 18.2 Å². The van der Waals surface area contributed by atoms with E-state index in [1.807, 2.05) is 12.1 Å². The highest BCUT2D eigenvalue weighted by atomic mass is 16.6. The van der Waals surface area contributed by atoms with Crippen LogP contribution in [-0.4, -0.2) is 32.2 Å². The first-order chi connectivity index (χ1) is 9.65. The summed E-state index contributed by atoms with van der Waals surface area (Å²) in [5, 5.41) is 5.97. The predicted molar refractivity (Wildman–Crippen MR) is 78.4 cm³/mol. The van der Waals surface area contributed by atoms with Gasteiger partial charge in [-0.3, -0.25) is 4.79 Å². The highest BCUT2D eigenvalue weighted by molar-refractivity contribution is 5.92. The van der Waals surface area contributed by atoms with Gasteiger partial charge in [-0.2, -0.15) is 0 Å². The summed E-state index contributed by atoms with van der Waals surface area (Å²) in [6.07, 6.45) is 1.07. The van der Waals surface area contributed by atoms with E-state index in [2.05, 4.69) is 24.5 Å². The van der Waals surface area contributed by atoms with Crippen molar-refractivity contribution in [1.82, 2.24) is 5.32 Å². The molecule has 1 aromatic rings. The largest absolute Gasteiger partial charge is 0.486 e. The fraction of sp³-hybridized carbons (Fsp3) is 0.533. The average molecular weight is 278 g/mol. The lowest BCUT2D eigenvalue weighted by molar-refractivity contribution is -0.115. The van der Waals surface area contributed by atoms with E-state index in [4.69, 9.17) is 9.47 Å². The van der Waals surface area contributed by atoms with E-state index >= 15 is 0 Å². The third-order valence-corrected chi connectivity index (χ3v) is 3.01. The van der Waals surface area contributed by atoms with Crippen molar-refractivity contribution in [2.24, 2.45) is 5.92 Å². The van der Waals surface area contributed by atoms with Gasteiger partial charge >= 0.3 is 0 Å². The lowest BCUT2D eigenvalue weighted by atomic mass is 10.1. The molecule has 2 rings (SSSR count). The van der Waals surface area contributed by atoms with E-state index in [0.29, 0.717) is 31.4 Å². The lowest BCUT2D eigenvalue weighted by Gasteiger charge is -2.19. The maximum Gasteiger partial charge on any atom is 0.238 e. The van der Waals surface area contributed by atoms with Crippen LogP contribution in [0.5, 0.6) is 11.5 Å². The molecule has 5 heteroatoms. The van der Waals surface area contributed by atoms with Gasteiger partial charge in [0.15, 0.2) is 11.5 Å². The summed E-state index contributed by atoms with van der Waals surface area (Å²) in [6.45, 7) is 6.61. The van der Waals surface area contributed by atoms with Gasteiger partial charge in [-0.1, -0.05) is 13.8 Å². The van der Waals surface area contributed by atoms with E-state index in [1.54, 1.807) is 6.07 Å². The molecule has 0 saturated carbocycles. The first-order valence-electron chi connectivity index (χ1n) is 7.05. The molecule has 1 heterocycles. The number of hydrogen-bond acceptors (Lipinski definition) is 4. The lowest BCUT2D eigenvalue weighted by Crippen LogP contribution is -2.29. The fourth-order valence-electron chi connectivity index (χ4n) is 1.92. The molecule has 20 heavy (non-hydrogen) atoms. The van der Waals surface area contributed by atoms with Crippen molar-refractivity contribution in [2.45, 2.75) is 20.3 Å². The van der Waals surface area contributed by atoms with Crippen molar-refractivity contribution in [3.63, 3.8) is 0 Å². The van der Waals surface area contributed by atoms with Gasteiger partial charge < -0.3 is 20.1 Å². The highest BCUT2D eigenvalue weighted by Crippen LogP contribution is 2.32. The predicted octanol–water partition coefficient (Wildman–Crippen LogP) is 2.03. The Bertz CT molecular complexity index is 460. The van der Waals surface area contributed by atoms with E-state index < -0.39 is 0 Å². The number of anilines is 1. The fourth-order valence-corrected chi connectivity index (χ4v) is 1.92. The molecule has 5 nitrogen and oxygen atoms in total. The normalized spacial score (nSPS) is 13.3. The second-order valence-electron chi connectivity index (χ2n) is 5.27.